The van der Waals surface area contributed by atoms with Gasteiger partial charge >= 0.3 is 5.97 Å². The summed E-state index contributed by atoms with van der Waals surface area (Å²) in [5.74, 6) is -0.189. The summed E-state index contributed by atoms with van der Waals surface area (Å²) in [6.45, 7) is 6.05. The number of nitrogens with one attached hydrogen (secondary N) is 1. The van der Waals surface area contributed by atoms with Crippen molar-refractivity contribution in [3.63, 3.8) is 0 Å². The van der Waals surface area contributed by atoms with Gasteiger partial charge in [-0.15, -0.1) is 12.4 Å². The molecule has 1 heterocycles. The molecule has 0 saturated heterocycles. The number of nitrogens with zero attached hydrogens (tertiary/aromatic N) is 1. The molecular formula is C14H17ClN2O2S. The molecule has 6 heteroatoms. The first kappa shape index (κ1) is 16.6. The zero-order valence-corrected chi connectivity index (χ0v) is 13.1. The Morgan fingerprint density at radius 3 is 2.50 bits per heavy atom. The maximum Gasteiger partial charge on any atom is 0.336 e. The van der Waals surface area contributed by atoms with Gasteiger partial charge in [0.2, 0.25) is 0 Å². The van der Waals surface area contributed by atoms with Gasteiger partial charge in [-0.1, -0.05) is 44.3 Å². The number of thiocarbonyl (C=S) groups is 1. The molecule has 1 aromatic rings. The predicted octanol–water partition coefficient (Wildman–Crippen LogP) is 2.90. The molecule has 20 heavy (non-hydrogen) atoms. The molecule has 2 N–H and O–H groups in total. The Morgan fingerprint density at radius 1 is 1.40 bits per heavy atom. The molecule has 108 valence electrons. The van der Waals surface area contributed by atoms with Crippen molar-refractivity contribution in [1.29, 1.82) is 0 Å². The molecule has 1 unspecified atom stereocenters. The quantitative estimate of drug-likeness (QED) is 0.843. The van der Waals surface area contributed by atoms with E-state index in [1.807, 2.05) is 20.8 Å². The van der Waals surface area contributed by atoms with Crippen LogP contribution in [0.3, 0.4) is 0 Å². The molecule has 1 atom stereocenters. The first-order valence-corrected chi connectivity index (χ1v) is 6.51. The van der Waals surface area contributed by atoms with Crippen LogP contribution in [-0.2, 0) is 0 Å². The fourth-order valence-corrected chi connectivity index (χ4v) is 2.32. The van der Waals surface area contributed by atoms with E-state index in [4.69, 9.17) is 12.2 Å². The average Bonchev–Trinajstić information content (AvgIpc) is 2.67. The topological polar surface area (TPSA) is 61.7 Å². The van der Waals surface area contributed by atoms with Crippen LogP contribution in [0.5, 0.6) is 0 Å². The second kappa shape index (κ2) is 5.89. The van der Waals surface area contributed by atoms with Crippen LogP contribution < -0.4 is 5.32 Å². The Bertz CT molecular complexity index is 586. The van der Waals surface area contributed by atoms with Crippen molar-refractivity contribution >= 4 is 41.4 Å². The molecule has 0 spiro atoms. The summed E-state index contributed by atoms with van der Waals surface area (Å²) in [6, 6.07) is 6.79. The monoisotopic (exact) mass is 312 g/mol. The zero-order chi connectivity index (χ0) is 14.2. The largest absolute Gasteiger partial charge is 0.478 e. The normalized spacial score (nSPS) is 21.2. The van der Waals surface area contributed by atoms with Crippen LogP contribution in [0.15, 0.2) is 29.3 Å². The number of carbonyl (C=O) groups is 1. The van der Waals surface area contributed by atoms with Crippen LogP contribution in [0.4, 0.5) is 0 Å². The fraction of sp³-hybridized carbons (Fsp3) is 0.357. The number of aromatic carboxylic acids is 1. The SMILES string of the molecule is CC(C)C1(C)N=C(c2ccccc2C(=O)O)NC1=S.Cl. The van der Waals surface area contributed by atoms with Gasteiger partial charge in [0.05, 0.1) is 5.56 Å². The summed E-state index contributed by atoms with van der Waals surface area (Å²) >= 11 is 5.34. The third-order valence-electron chi connectivity index (χ3n) is 3.57. The summed E-state index contributed by atoms with van der Waals surface area (Å²) in [5, 5.41) is 12.3. The number of hydrogen-bond donors (Lipinski definition) is 2. The Hall–Kier alpha value is -1.46. The number of hydrogen-bond acceptors (Lipinski definition) is 3. The van der Waals surface area contributed by atoms with E-state index in [1.54, 1.807) is 24.3 Å². The highest BCUT2D eigenvalue weighted by Gasteiger charge is 2.39. The Morgan fingerprint density at radius 2 is 2.00 bits per heavy atom. The molecule has 2 rings (SSSR count). The summed E-state index contributed by atoms with van der Waals surface area (Å²) in [5.41, 5.74) is 0.322. The lowest BCUT2D eigenvalue weighted by Gasteiger charge is -2.24. The van der Waals surface area contributed by atoms with E-state index in [1.165, 1.54) is 0 Å². The number of benzene rings is 1. The highest BCUT2D eigenvalue weighted by atomic mass is 35.5. The van der Waals surface area contributed by atoms with Gasteiger partial charge in [0.25, 0.3) is 0 Å². The number of carboxylic acids is 1. The second-order valence-electron chi connectivity index (χ2n) is 5.07. The summed E-state index contributed by atoms with van der Waals surface area (Å²) in [4.78, 5) is 16.5. The molecule has 1 aliphatic heterocycles. The van der Waals surface area contributed by atoms with Gasteiger partial charge < -0.3 is 10.4 Å². The minimum Gasteiger partial charge on any atom is -0.478 e. The molecule has 0 amide bonds. The van der Waals surface area contributed by atoms with Crippen molar-refractivity contribution < 1.29 is 9.90 Å². The van der Waals surface area contributed by atoms with Crippen molar-refractivity contribution in [2.45, 2.75) is 26.3 Å². The lowest BCUT2D eigenvalue weighted by molar-refractivity contribution is 0.0696. The smallest absolute Gasteiger partial charge is 0.336 e. The molecule has 4 nitrogen and oxygen atoms in total. The minimum absolute atomic E-state index is 0. The predicted molar refractivity (Wildman–Crippen MR) is 86.2 cm³/mol. The van der Waals surface area contributed by atoms with Gasteiger partial charge in [0, 0.05) is 5.56 Å². The van der Waals surface area contributed by atoms with Crippen molar-refractivity contribution in [3.8, 4) is 0 Å². The fourth-order valence-electron chi connectivity index (χ4n) is 1.94. The molecule has 1 aliphatic rings. The van der Waals surface area contributed by atoms with Crippen LogP contribution in [0, 0.1) is 5.92 Å². The number of halogens is 1. The van der Waals surface area contributed by atoms with Gasteiger partial charge in [0.1, 0.15) is 16.4 Å². The summed E-state index contributed by atoms with van der Waals surface area (Å²) in [7, 11) is 0. The van der Waals surface area contributed by atoms with E-state index in [9.17, 15) is 9.90 Å². The van der Waals surface area contributed by atoms with Gasteiger partial charge in [0.15, 0.2) is 0 Å². The van der Waals surface area contributed by atoms with Gasteiger partial charge in [-0.05, 0) is 18.9 Å². The zero-order valence-electron chi connectivity index (χ0n) is 11.5. The maximum absolute atomic E-state index is 11.2. The molecule has 0 aliphatic carbocycles. The van der Waals surface area contributed by atoms with Crippen LogP contribution in [0.25, 0.3) is 0 Å². The lowest BCUT2D eigenvalue weighted by Crippen LogP contribution is -2.39. The Balaban J connectivity index is 0.00000200. The van der Waals surface area contributed by atoms with E-state index in [0.717, 1.165) is 0 Å². The van der Waals surface area contributed by atoms with Crippen molar-refractivity contribution in [2.75, 3.05) is 0 Å². The number of aliphatic imine (C=N–C) groups is 1. The molecule has 0 fully saturated rings. The molecule has 0 bridgehead atoms. The first-order valence-electron chi connectivity index (χ1n) is 6.10. The van der Waals surface area contributed by atoms with Crippen molar-refractivity contribution in [3.05, 3.63) is 35.4 Å². The van der Waals surface area contributed by atoms with Crippen LogP contribution in [0.1, 0.15) is 36.7 Å². The molecule has 1 aromatic carbocycles. The summed E-state index contributed by atoms with van der Waals surface area (Å²) in [6.07, 6.45) is 0. The van der Waals surface area contributed by atoms with Gasteiger partial charge in [-0.3, -0.25) is 4.99 Å². The van der Waals surface area contributed by atoms with E-state index in [-0.39, 0.29) is 23.9 Å². The van der Waals surface area contributed by atoms with Crippen molar-refractivity contribution in [1.82, 2.24) is 5.32 Å². The van der Waals surface area contributed by atoms with Crippen LogP contribution >= 0.6 is 24.6 Å². The number of rotatable bonds is 3. The Labute approximate surface area is 129 Å². The van der Waals surface area contributed by atoms with E-state index < -0.39 is 11.5 Å². The number of carboxylic acid groups (broad SMARTS) is 1. The van der Waals surface area contributed by atoms with Crippen LogP contribution in [0.2, 0.25) is 0 Å². The number of amidine groups is 1. The van der Waals surface area contributed by atoms with E-state index >= 15 is 0 Å². The first-order chi connectivity index (χ1) is 8.86. The minimum atomic E-state index is -0.968. The molecule has 0 saturated carbocycles. The third kappa shape index (κ3) is 2.69. The maximum atomic E-state index is 11.2. The Kier molecular flexibility index (Phi) is 4.89. The summed E-state index contributed by atoms with van der Waals surface area (Å²) < 4.78 is 0. The highest BCUT2D eigenvalue weighted by Crippen LogP contribution is 2.28. The second-order valence-corrected chi connectivity index (χ2v) is 5.48. The lowest BCUT2D eigenvalue weighted by atomic mass is 9.90. The van der Waals surface area contributed by atoms with Gasteiger partial charge in [-0.25, -0.2) is 4.79 Å². The molecule has 0 aromatic heterocycles. The standard InChI is InChI=1S/C14H16N2O2S.ClH/c1-8(2)14(3)13(19)15-11(16-14)9-6-4-5-7-10(9)12(17)18;/h4-8H,1-3H3,(H,17,18)(H,15,16,19);1H. The van der Waals surface area contributed by atoms with Crippen molar-refractivity contribution in [2.24, 2.45) is 10.9 Å². The molecule has 0 radical (unpaired) electrons. The van der Waals surface area contributed by atoms with Gasteiger partial charge in [-0.2, -0.15) is 0 Å². The third-order valence-corrected chi connectivity index (χ3v) is 4.09. The molecular weight excluding hydrogens is 296 g/mol. The van der Waals surface area contributed by atoms with E-state index in [2.05, 4.69) is 10.3 Å². The average molecular weight is 313 g/mol. The van der Waals surface area contributed by atoms with E-state index in [0.29, 0.717) is 16.4 Å². The van der Waals surface area contributed by atoms with Crippen LogP contribution in [-0.4, -0.2) is 27.4 Å². The highest BCUT2D eigenvalue weighted by molar-refractivity contribution is 7.80.